The lowest BCUT2D eigenvalue weighted by atomic mass is 10.0. The molecule has 0 spiro atoms. The highest BCUT2D eigenvalue weighted by atomic mass is 127. The van der Waals surface area contributed by atoms with Gasteiger partial charge in [0.25, 0.3) is 0 Å². The molecule has 1 aromatic carbocycles. The van der Waals surface area contributed by atoms with Crippen molar-refractivity contribution in [3.05, 3.63) is 29.8 Å². The Kier molecular flexibility index (Phi) is 13.4. The first kappa shape index (κ1) is 29.2. The van der Waals surface area contributed by atoms with Gasteiger partial charge in [-0.15, -0.1) is 24.0 Å². The van der Waals surface area contributed by atoms with Gasteiger partial charge in [0.1, 0.15) is 11.4 Å². The van der Waals surface area contributed by atoms with Crippen LogP contribution in [0.2, 0.25) is 0 Å². The SMILES string of the molecule is CN=C(NCCCNC(=O)OC(C)(C)C)NCC(c1ccc(OC)cc1)N1CCOCC1.I. The van der Waals surface area contributed by atoms with Crippen molar-refractivity contribution in [1.29, 1.82) is 0 Å². The maximum absolute atomic E-state index is 11.7. The lowest BCUT2D eigenvalue weighted by molar-refractivity contribution is 0.0170. The van der Waals surface area contributed by atoms with Crippen LogP contribution in [0.3, 0.4) is 0 Å². The van der Waals surface area contributed by atoms with Crippen molar-refractivity contribution in [2.75, 3.05) is 60.1 Å². The molecule has 188 valence electrons. The molecule has 1 fully saturated rings. The van der Waals surface area contributed by atoms with Gasteiger partial charge in [0, 0.05) is 39.8 Å². The molecular weight excluding hydrogens is 537 g/mol. The van der Waals surface area contributed by atoms with E-state index < -0.39 is 11.7 Å². The second kappa shape index (κ2) is 15.2. The van der Waals surface area contributed by atoms with Crippen LogP contribution in [0, 0.1) is 0 Å². The molecule has 2 rings (SSSR count). The van der Waals surface area contributed by atoms with Gasteiger partial charge in [-0.05, 0) is 44.9 Å². The molecule has 1 amide bonds. The van der Waals surface area contributed by atoms with Crippen LogP contribution in [-0.4, -0.2) is 82.6 Å². The number of benzene rings is 1. The number of aliphatic imine (C=N–C) groups is 1. The molecule has 0 aromatic heterocycles. The van der Waals surface area contributed by atoms with Crippen LogP contribution >= 0.6 is 24.0 Å². The van der Waals surface area contributed by atoms with Crippen LogP contribution in [0.15, 0.2) is 29.3 Å². The van der Waals surface area contributed by atoms with Gasteiger partial charge in [-0.3, -0.25) is 9.89 Å². The van der Waals surface area contributed by atoms with E-state index in [2.05, 4.69) is 38.0 Å². The van der Waals surface area contributed by atoms with Gasteiger partial charge < -0.3 is 30.2 Å². The number of carbonyl (C=O) groups excluding carboxylic acids is 1. The molecule has 10 heteroatoms. The fourth-order valence-electron chi connectivity index (χ4n) is 3.39. The van der Waals surface area contributed by atoms with E-state index in [1.165, 1.54) is 5.56 Å². The molecular formula is C23H40IN5O4. The van der Waals surface area contributed by atoms with Gasteiger partial charge in [0.05, 0.1) is 26.4 Å². The average Bonchev–Trinajstić information content (AvgIpc) is 2.77. The number of ether oxygens (including phenoxy) is 3. The van der Waals surface area contributed by atoms with Crippen molar-refractivity contribution in [1.82, 2.24) is 20.9 Å². The van der Waals surface area contributed by atoms with Crippen molar-refractivity contribution in [3.63, 3.8) is 0 Å². The van der Waals surface area contributed by atoms with Crippen LogP contribution < -0.4 is 20.7 Å². The lowest BCUT2D eigenvalue weighted by Gasteiger charge is -2.35. The summed E-state index contributed by atoms with van der Waals surface area (Å²) >= 11 is 0. The summed E-state index contributed by atoms with van der Waals surface area (Å²) in [6.45, 7) is 10.7. The number of methoxy groups -OCH3 is 1. The zero-order valence-electron chi connectivity index (χ0n) is 20.5. The van der Waals surface area contributed by atoms with Crippen molar-refractivity contribution >= 4 is 36.0 Å². The van der Waals surface area contributed by atoms with Gasteiger partial charge in [-0.25, -0.2) is 4.79 Å². The molecule has 1 aromatic rings. The molecule has 1 unspecified atom stereocenters. The van der Waals surface area contributed by atoms with E-state index in [9.17, 15) is 4.79 Å². The van der Waals surface area contributed by atoms with Gasteiger partial charge in [-0.2, -0.15) is 0 Å². The molecule has 0 bridgehead atoms. The van der Waals surface area contributed by atoms with Crippen LogP contribution in [-0.2, 0) is 9.47 Å². The molecule has 1 atom stereocenters. The third-order valence-electron chi connectivity index (χ3n) is 4.99. The Labute approximate surface area is 215 Å². The molecule has 33 heavy (non-hydrogen) atoms. The Morgan fingerprint density at radius 2 is 1.76 bits per heavy atom. The molecule has 3 N–H and O–H groups in total. The molecule has 0 aliphatic carbocycles. The number of halogens is 1. The summed E-state index contributed by atoms with van der Waals surface area (Å²) in [6.07, 6.45) is 0.360. The monoisotopic (exact) mass is 577 g/mol. The Balaban J connectivity index is 0.00000544. The minimum atomic E-state index is -0.491. The summed E-state index contributed by atoms with van der Waals surface area (Å²) in [5.74, 6) is 1.58. The highest BCUT2D eigenvalue weighted by molar-refractivity contribution is 14.0. The number of morpholine rings is 1. The predicted molar refractivity (Wildman–Crippen MR) is 142 cm³/mol. The van der Waals surface area contributed by atoms with E-state index in [4.69, 9.17) is 14.2 Å². The van der Waals surface area contributed by atoms with Crippen molar-refractivity contribution < 1.29 is 19.0 Å². The number of hydrogen-bond acceptors (Lipinski definition) is 6. The molecule has 1 saturated heterocycles. The topological polar surface area (TPSA) is 96.5 Å². The molecule has 0 saturated carbocycles. The maximum Gasteiger partial charge on any atom is 0.407 e. The number of alkyl carbamates (subject to hydrolysis) is 1. The summed E-state index contributed by atoms with van der Waals surface area (Å²) in [7, 11) is 3.43. The van der Waals surface area contributed by atoms with Crippen molar-refractivity contribution in [2.24, 2.45) is 4.99 Å². The van der Waals surface area contributed by atoms with Crippen molar-refractivity contribution in [3.8, 4) is 5.75 Å². The summed E-state index contributed by atoms with van der Waals surface area (Å²) in [5, 5.41) is 9.51. The second-order valence-corrected chi connectivity index (χ2v) is 8.60. The maximum atomic E-state index is 11.7. The van der Waals surface area contributed by atoms with E-state index in [0.717, 1.165) is 44.4 Å². The number of nitrogens with zero attached hydrogens (tertiary/aromatic N) is 2. The van der Waals surface area contributed by atoms with Crippen molar-refractivity contribution in [2.45, 2.75) is 38.8 Å². The van der Waals surface area contributed by atoms with Crippen LogP contribution in [0.25, 0.3) is 0 Å². The molecule has 1 aliphatic rings. The predicted octanol–water partition coefficient (Wildman–Crippen LogP) is 2.77. The third-order valence-corrected chi connectivity index (χ3v) is 4.99. The first-order valence-corrected chi connectivity index (χ1v) is 11.2. The fourth-order valence-corrected chi connectivity index (χ4v) is 3.39. The largest absolute Gasteiger partial charge is 0.497 e. The summed E-state index contributed by atoms with van der Waals surface area (Å²) in [6, 6.07) is 8.40. The summed E-state index contributed by atoms with van der Waals surface area (Å²) in [4.78, 5) is 18.5. The summed E-state index contributed by atoms with van der Waals surface area (Å²) < 4.78 is 16.1. The van der Waals surface area contributed by atoms with E-state index >= 15 is 0 Å². The average molecular weight is 578 g/mol. The van der Waals surface area contributed by atoms with Gasteiger partial charge in [0.2, 0.25) is 0 Å². The third kappa shape index (κ3) is 11.3. The van der Waals surface area contributed by atoms with Gasteiger partial charge >= 0.3 is 6.09 Å². The fraction of sp³-hybridized carbons (Fsp3) is 0.652. The van der Waals surface area contributed by atoms with Crippen LogP contribution in [0.5, 0.6) is 5.75 Å². The highest BCUT2D eigenvalue weighted by Gasteiger charge is 2.23. The number of hydrogen-bond donors (Lipinski definition) is 3. The van der Waals surface area contributed by atoms with Crippen LogP contribution in [0.4, 0.5) is 4.79 Å². The molecule has 9 nitrogen and oxygen atoms in total. The quantitative estimate of drug-likeness (QED) is 0.180. The number of carbonyl (C=O) groups is 1. The van der Waals surface area contributed by atoms with E-state index in [-0.39, 0.29) is 30.0 Å². The zero-order valence-corrected chi connectivity index (χ0v) is 22.8. The molecule has 1 aliphatic heterocycles. The minimum absolute atomic E-state index is 0. The Bertz CT molecular complexity index is 719. The number of guanidine groups is 1. The van der Waals surface area contributed by atoms with E-state index in [0.29, 0.717) is 19.6 Å². The van der Waals surface area contributed by atoms with Gasteiger partial charge in [-0.1, -0.05) is 12.1 Å². The first-order valence-electron chi connectivity index (χ1n) is 11.2. The standard InChI is InChI=1S/C23H39N5O4.HI/c1-23(2,3)32-22(29)26-12-6-11-25-21(24-4)27-17-20(28-13-15-31-16-14-28)18-7-9-19(30-5)10-8-18;/h7-10,20H,6,11-17H2,1-5H3,(H,26,29)(H2,24,25,27);1H. The highest BCUT2D eigenvalue weighted by Crippen LogP contribution is 2.23. The number of rotatable bonds is 9. The Morgan fingerprint density at radius 1 is 1.12 bits per heavy atom. The zero-order chi connectivity index (χ0) is 23.4. The number of amides is 1. The van der Waals surface area contributed by atoms with Gasteiger partial charge in [0.15, 0.2) is 5.96 Å². The van der Waals surface area contributed by atoms with E-state index in [1.54, 1.807) is 14.2 Å². The first-order chi connectivity index (χ1) is 15.3. The second-order valence-electron chi connectivity index (χ2n) is 8.60. The lowest BCUT2D eigenvalue weighted by Crippen LogP contribution is -2.46. The smallest absolute Gasteiger partial charge is 0.407 e. The Hall–Kier alpha value is -1.79. The molecule has 1 heterocycles. The molecule has 0 radical (unpaired) electrons. The van der Waals surface area contributed by atoms with E-state index in [1.807, 2.05) is 32.9 Å². The normalized spacial score (nSPS) is 15.7. The minimum Gasteiger partial charge on any atom is -0.497 e. The summed E-state index contributed by atoms with van der Waals surface area (Å²) in [5.41, 5.74) is 0.729. The number of nitrogens with one attached hydrogen (secondary N) is 3. The Morgan fingerprint density at radius 3 is 2.33 bits per heavy atom. The van der Waals surface area contributed by atoms with Crippen LogP contribution in [0.1, 0.15) is 38.8 Å².